The minimum absolute atomic E-state index is 0.0880. The molecule has 8 heteroatoms. The topological polar surface area (TPSA) is 86.4 Å². The van der Waals surface area contributed by atoms with E-state index in [9.17, 15) is 10.2 Å². The van der Waals surface area contributed by atoms with Crippen LogP contribution in [0, 0.1) is 0 Å². The molecule has 1 fully saturated rings. The Morgan fingerprint density at radius 2 is 1.65 bits per heavy atom. The first-order valence-electron chi connectivity index (χ1n) is 18.8. The van der Waals surface area contributed by atoms with E-state index < -0.39 is 0 Å². The van der Waals surface area contributed by atoms with Gasteiger partial charge in [0, 0.05) is 34.4 Å². The summed E-state index contributed by atoms with van der Waals surface area (Å²) in [6, 6.07) is 4.00. The van der Waals surface area contributed by atoms with Crippen LogP contribution in [0.3, 0.4) is 0 Å². The van der Waals surface area contributed by atoms with Crippen LogP contribution in [0.25, 0.3) is 5.57 Å². The summed E-state index contributed by atoms with van der Waals surface area (Å²) in [5, 5.41) is 27.7. The van der Waals surface area contributed by atoms with Crippen molar-refractivity contribution in [3.8, 4) is 11.5 Å². The maximum absolute atomic E-state index is 11.5. The molecule has 4 atom stereocenters. The Morgan fingerprint density at radius 1 is 0.958 bits per heavy atom. The van der Waals surface area contributed by atoms with E-state index in [0.717, 1.165) is 58.1 Å². The molecule has 0 spiro atoms. The van der Waals surface area contributed by atoms with Crippen LogP contribution < -0.4 is 15.9 Å². The van der Waals surface area contributed by atoms with Gasteiger partial charge in [0.05, 0.1) is 20.3 Å². The van der Waals surface area contributed by atoms with Crippen molar-refractivity contribution in [3.05, 3.63) is 50.5 Å². The van der Waals surface area contributed by atoms with Crippen LogP contribution in [-0.2, 0) is 4.74 Å². The third-order valence-electron chi connectivity index (χ3n) is 11.2. The number of allylic oxidation sites excluding steroid dienone is 2. The van der Waals surface area contributed by atoms with Crippen molar-refractivity contribution in [2.24, 2.45) is 9.98 Å². The van der Waals surface area contributed by atoms with Gasteiger partial charge in [-0.3, -0.25) is 9.98 Å². The quantitative estimate of drug-likeness (QED) is 0.0807. The van der Waals surface area contributed by atoms with Crippen LogP contribution in [0.2, 0.25) is 0 Å². The van der Waals surface area contributed by atoms with Gasteiger partial charge in [0.2, 0.25) is 0 Å². The molecule has 1 saturated heterocycles. The Morgan fingerprint density at radius 3 is 2.38 bits per heavy atom. The number of anilines is 1. The molecule has 6 nitrogen and oxygen atoms in total. The van der Waals surface area contributed by atoms with Gasteiger partial charge < -0.3 is 20.3 Å². The molecule has 7 rings (SSSR count). The summed E-state index contributed by atoms with van der Waals surface area (Å²) in [4.78, 5) is 10.8. The van der Waals surface area contributed by atoms with E-state index in [2.05, 4.69) is 51.4 Å². The number of benzene rings is 2. The number of nitrogens with zero attached hydrogens (tertiary/aromatic N) is 2. The first kappa shape index (κ1) is 34.2. The predicted octanol–water partition coefficient (Wildman–Crippen LogP) is 10.4. The number of aromatic hydroxyl groups is 2. The minimum atomic E-state index is -0.271. The highest BCUT2D eigenvalue weighted by molar-refractivity contribution is 9.10. The van der Waals surface area contributed by atoms with Crippen LogP contribution in [0.5, 0.6) is 11.5 Å². The van der Waals surface area contributed by atoms with Gasteiger partial charge in [-0.15, -0.1) is 11.8 Å². The molecule has 48 heavy (non-hydrogen) atoms. The minimum Gasteiger partial charge on any atom is -0.507 e. The number of ether oxygens (including phenoxy) is 1. The molecule has 0 radical (unpaired) electrons. The fourth-order valence-corrected chi connectivity index (χ4v) is 10.9. The molecule has 3 N–H and O–H groups in total. The van der Waals surface area contributed by atoms with Crippen molar-refractivity contribution in [2.75, 3.05) is 11.9 Å². The molecule has 5 aliphatic rings. The zero-order valence-electron chi connectivity index (χ0n) is 28.5. The highest BCUT2D eigenvalue weighted by Gasteiger charge is 2.64. The van der Waals surface area contributed by atoms with Crippen LogP contribution in [-0.4, -0.2) is 33.9 Å². The summed E-state index contributed by atoms with van der Waals surface area (Å²) in [6.45, 7) is 3.00. The first-order chi connectivity index (χ1) is 23.5. The van der Waals surface area contributed by atoms with E-state index >= 15 is 0 Å². The van der Waals surface area contributed by atoms with Gasteiger partial charge in [0.25, 0.3) is 0 Å². The molecular weight excluding hydrogens is 682 g/mol. The fourth-order valence-electron chi connectivity index (χ4n) is 8.72. The Bertz CT molecular complexity index is 1690. The number of halogens is 1. The van der Waals surface area contributed by atoms with E-state index in [4.69, 9.17) is 9.73 Å². The number of hydrogen-bond donors (Lipinski definition) is 3. The number of aliphatic imine (C=N–C) groups is 1. The standard InChI is InChI=1S/C40H52BrN3O3S/c1-2-3-4-5-6-7-8-9-10-11-12-13-14-15-16-17-18-19-21-40-33(27-23-28(41)29(45)24-30(27)48-40)39-44-36-32(38(40)47-39)34-31-26(20-22-42-34)25-43-35(31)37(36)46/h7-8,23-25,33,38-39,44-46H,2-6,9-22H2,1H3/b8-7-/t33-,38+,39+,40-/m0/s1. The fraction of sp³-hybridized carbons (Fsp3) is 0.600. The number of unbranched alkanes of at least 4 members (excludes halogenated alkanes) is 14. The van der Waals surface area contributed by atoms with Crippen molar-refractivity contribution < 1.29 is 14.9 Å². The van der Waals surface area contributed by atoms with E-state index in [1.165, 1.54) is 102 Å². The maximum atomic E-state index is 11.5. The van der Waals surface area contributed by atoms with Crippen molar-refractivity contribution in [2.45, 2.75) is 150 Å². The monoisotopic (exact) mass is 733 g/mol. The number of fused-ring (bicyclic) bond motifs is 10. The zero-order valence-corrected chi connectivity index (χ0v) is 30.9. The second-order valence-electron chi connectivity index (χ2n) is 14.5. The molecule has 0 amide bonds. The van der Waals surface area contributed by atoms with Gasteiger partial charge in [-0.1, -0.05) is 96.1 Å². The lowest BCUT2D eigenvalue weighted by Gasteiger charge is -2.34. The number of hydrogen-bond acceptors (Lipinski definition) is 7. The Balaban J connectivity index is 0.944. The van der Waals surface area contributed by atoms with Crippen molar-refractivity contribution in [3.63, 3.8) is 0 Å². The number of thioether (sulfide) groups is 1. The molecule has 0 aliphatic carbocycles. The van der Waals surface area contributed by atoms with Crippen molar-refractivity contribution in [1.29, 1.82) is 0 Å². The molecule has 0 aromatic heterocycles. The Kier molecular flexibility index (Phi) is 10.9. The SMILES string of the molecule is CCCCCC/C=C\CCCCCCCCCCCC[C@]12Sc3cc(O)c(Br)cc3[C@H]1[C@@H]1Nc3c(O)c4c5c(c3[C@H]2O1)=NCCC=5C=N4. The molecule has 0 unspecified atom stereocenters. The third kappa shape index (κ3) is 6.51. The van der Waals surface area contributed by atoms with Crippen molar-refractivity contribution >= 4 is 50.9 Å². The van der Waals surface area contributed by atoms with Gasteiger partial charge in [0.1, 0.15) is 23.8 Å². The molecule has 2 bridgehead atoms. The highest BCUT2D eigenvalue weighted by Crippen LogP contribution is 2.70. The Labute approximate surface area is 298 Å². The summed E-state index contributed by atoms with van der Waals surface area (Å²) < 4.78 is 7.36. The average Bonchev–Trinajstić information content (AvgIpc) is 3.73. The molecule has 0 saturated carbocycles. The van der Waals surface area contributed by atoms with Gasteiger partial charge in [-0.25, -0.2) is 0 Å². The lowest BCUT2D eigenvalue weighted by atomic mass is 9.78. The number of nitrogens with one attached hydrogen (secondary N) is 1. The summed E-state index contributed by atoms with van der Waals surface area (Å²) in [5.41, 5.74) is 4.76. The van der Waals surface area contributed by atoms with Gasteiger partial charge in [0.15, 0.2) is 5.75 Å². The highest BCUT2D eigenvalue weighted by atomic mass is 79.9. The largest absolute Gasteiger partial charge is 0.507 e. The third-order valence-corrected chi connectivity index (χ3v) is 13.4. The normalized spacial score (nSPS) is 24.0. The summed E-state index contributed by atoms with van der Waals surface area (Å²) in [7, 11) is 0. The van der Waals surface area contributed by atoms with E-state index in [1.807, 2.05) is 24.0 Å². The summed E-state index contributed by atoms with van der Waals surface area (Å²) >= 11 is 5.45. The number of phenols is 2. The van der Waals surface area contributed by atoms with Crippen molar-refractivity contribution in [1.82, 2.24) is 0 Å². The second-order valence-corrected chi connectivity index (χ2v) is 16.7. The van der Waals surface area contributed by atoms with Crippen LogP contribution in [0.1, 0.15) is 146 Å². The summed E-state index contributed by atoms with van der Waals surface area (Å²) in [6.07, 6.45) is 29.1. The van der Waals surface area contributed by atoms with Gasteiger partial charge >= 0.3 is 0 Å². The zero-order chi connectivity index (χ0) is 33.1. The lowest BCUT2D eigenvalue weighted by Crippen LogP contribution is -2.40. The Hall–Kier alpha value is -2.29. The molecule has 2 aromatic rings. The molecular formula is C40H52BrN3O3S. The molecule has 5 heterocycles. The predicted molar refractivity (Wildman–Crippen MR) is 202 cm³/mol. The lowest BCUT2D eigenvalue weighted by molar-refractivity contribution is 0.0395. The van der Waals surface area contributed by atoms with E-state index in [1.54, 1.807) is 0 Å². The van der Waals surface area contributed by atoms with E-state index in [-0.39, 0.29) is 34.5 Å². The smallest absolute Gasteiger partial charge is 0.165 e. The second kappa shape index (κ2) is 15.3. The summed E-state index contributed by atoms with van der Waals surface area (Å²) in [5.74, 6) is 0.588. The average molecular weight is 735 g/mol. The van der Waals surface area contributed by atoms with Gasteiger partial charge in [-0.2, -0.15) is 0 Å². The first-order valence-corrected chi connectivity index (χ1v) is 20.4. The molecule has 2 aromatic carbocycles. The molecule has 5 aliphatic heterocycles. The van der Waals surface area contributed by atoms with Crippen LogP contribution in [0.15, 0.2) is 43.6 Å². The van der Waals surface area contributed by atoms with Crippen LogP contribution >= 0.6 is 27.7 Å². The number of phenolic OH excluding ortho intramolecular Hbond substituents is 2. The van der Waals surface area contributed by atoms with E-state index in [0.29, 0.717) is 10.2 Å². The number of rotatable bonds is 18. The van der Waals surface area contributed by atoms with Crippen LogP contribution in [0.4, 0.5) is 11.4 Å². The maximum Gasteiger partial charge on any atom is 0.165 e. The molecule has 258 valence electrons. The van der Waals surface area contributed by atoms with Gasteiger partial charge in [-0.05, 0) is 77.7 Å².